The van der Waals surface area contributed by atoms with Crippen molar-refractivity contribution in [2.75, 3.05) is 13.1 Å². The number of aliphatic hydroxyl groups is 1. The number of guanidine groups is 2. The van der Waals surface area contributed by atoms with Gasteiger partial charge in [-0.2, -0.15) is 4.99 Å². The van der Waals surface area contributed by atoms with Crippen molar-refractivity contribution < 1.29 is 9.84 Å². The lowest BCUT2D eigenvalue weighted by Gasteiger charge is -2.30. The third-order valence-corrected chi connectivity index (χ3v) is 4.08. The Kier molecular flexibility index (Phi) is 7.45. The van der Waals surface area contributed by atoms with Gasteiger partial charge < -0.3 is 26.2 Å². The molecule has 0 radical (unpaired) electrons. The van der Waals surface area contributed by atoms with E-state index in [0.29, 0.717) is 43.3 Å². The number of halogens is 1. The molecule has 3 rings (SSSR count). The Bertz CT molecular complexity index is 772. The maximum atomic E-state index is 9.53. The minimum atomic E-state index is -0.262. The second-order valence-corrected chi connectivity index (χ2v) is 6.07. The first-order valence-corrected chi connectivity index (χ1v) is 8.54. The van der Waals surface area contributed by atoms with E-state index >= 15 is 0 Å². The van der Waals surface area contributed by atoms with E-state index in [1.807, 2.05) is 47.4 Å². The van der Waals surface area contributed by atoms with E-state index in [2.05, 4.69) is 9.98 Å². The number of piperidine rings is 1. The third kappa shape index (κ3) is 6.16. The van der Waals surface area contributed by atoms with E-state index in [-0.39, 0.29) is 24.5 Å². The quantitative estimate of drug-likeness (QED) is 0.552. The average Bonchev–Trinajstić information content (AvgIpc) is 2.64. The SMILES string of the molecule is Cl.NC(=Nc1ccc(Oc2ccccc2)cc1)N=C(N)N1CCC(O)CC1. The predicted octanol–water partition coefficient (Wildman–Crippen LogP) is 2.62. The molecule has 5 N–H and O–H groups in total. The van der Waals surface area contributed by atoms with Gasteiger partial charge in [0.15, 0.2) is 5.96 Å². The molecule has 0 bridgehead atoms. The van der Waals surface area contributed by atoms with Gasteiger partial charge in [0.25, 0.3) is 0 Å². The molecule has 0 atom stereocenters. The van der Waals surface area contributed by atoms with Crippen LogP contribution in [0.5, 0.6) is 11.5 Å². The van der Waals surface area contributed by atoms with Crippen LogP contribution in [0.1, 0.15) is 12.8 Å². The summed E-state index contributed by atoms with van der Waals surface area (Å²) >= 11 is 0. The van der Waals surface area contributed by atoms with E-state index in [0.717, 1.165) is 5.75 Å². The summed E-state index contributed by atoms with van der Waals surface area (Å²) in [6, 6.07) is 16.8. The Balaban J connectivity index is 0.00000261. The van der Waals surface area contributed by atoms with Crippen molar-refractivity contribution in [3.05, 3.63) is 54.6 Å². The first-order chi connectivity index (χ1) is 12.6. The molecule has 144 valence electrons. The highest BCUT2D eigenvalue weighted by molar-refractivity contribution is 5.94. The zero-order chi connectivity index (χ0) is 18.4. The molecule has 1 saturated heterocycles. The predicted molar refractivity (Wildman–Crippen MR) is 110 cm³/mol. The largest absolute Gasteiger partial charge is 0.457 e. The van der Waals surface area contributed by atoms with E-state index in [9.17, 15) is 5.11 Å². The van der Waals surface area contributed by atoms with Crippen molar-refractivity contribution in [3.8, 4) is 11.5 Å². The van der Waals surface area contributed by atoms with Gasteiger partial charge in [-0.25, -0.2) is 4.99 Å². The monoisotopic (exact) mass is 389 g/mol. The van der Waals surface area contributed by atoms with Gasteiger partial charge in [0.2, 0.25) is 5.96 Å². The maximum absolute atomic E-state index is 9.53. The first kappa shape index (κ1) is 20.5. The van der Waals surface area contributed by atoms with Gasteiger partial charge in [-0.15, -0.1) is 12.4 Å². The summed E-state index contributed by atoms with van der Waals surface area (Å²) in [5.74, 6) is 1.89. The van der Waals surface area contributed by atoms with Crippen LogP contribution in [-0.2, 0) is 0 Å². The maximum Gasteiger partial charge on any atom is 0.223 e. The lowest BCUT2D eigenvalue weighted by atomic mass is 10.1. The van der Waals surface area contributed by atoms with Crippen molar-refractivity contribution in [2.45, 2.75) is 18.9 Å². The minimum absolute atomic E-state index is 0. The molecule has 1 aliphatic heterocycles. The van der Waals surface area contributed by atoms with Crippen molar-refractivity contribution in [2.24, 2.45) is 21.5 Å². The first-order valence-electron chi connectivity index (χ1n) is 8.54. The molecule has 1 heterocycles. The summed E-state index contributed by atoms with van der Waals surface area (Å²) in [5.41, 5.74) is 12.5. The van der Waals surface area contributed by atoms with Gasteiger partial charge in [0.1, 0.15) is 11.5 Å². The lowest BCUT2D eigenvalue weighted by Crippen LogP contribution is -2.44. The summed E-state index contributed by atoms with van der Waals surface area (Å²) < 4.78 is 5.74. The Morgan fingerprint density at radius 3 is 2.19 bits per heavy atom. The van der Waals surface area contributed by atoms with Crippen LogP contribution in [0.25, 0.3) is 0 Å². The number of hydrogen-bond acceptors (Lipinski definition) is 3. The summed E-state index contributed by atoms with van der Waals surface area (Å²) in [7, 11) is 0. The highest BCUT2D eigenvalue weighted by Crippen LogP contribution is 2.23. The van der Waals surface area contributed by atoms with Gasteiger partial charge in [-0.1, -0.05) is 18.2 Å². The number of aliphatic hydroxyl groups excluding tert-OH is 1. The fourth-order valence-electron chi connectivity index (χ4n) is 2.65. The summed E-state index contributed by atoms with van der Waals surface area (Å²) in [4.78, 5) is 10.3. The topological polar surface area (TPSA) is 109 Å². The third-order valence-electron chi connectivity index (χ3n) is 4.08. The molecule has 27 heavy (non-hydrogen) atoms. The van der Waals surface area contributed by atoms with Crippen molar-refractivity contribution in [1.29, 1.82) is 0 Å². The minimum Gasteiger partial charge on any atom is -0.457 e. The second kappa shape index (κ2) is 9.80. The number of ether oxygens (including phenoxy) is 1. The van der Waals surface area contributed by atoms with Crippen molar-refractivity contribution >= 4 is 30.0 Å². The molecule has 1 aliphatic rings. The Hall–Kier alpha value is -2.77. The smallest absolute Gasteiger partial charge is 0.223 e. The number of nitrogens with two attached hydrogens (primary N) is 2. The number of hydrogen-bond donors (Lipinski definition) is 3. The molecule has 0 aliphatic carbocycles. The number of aliphatic imine (C=N–C) groups is 2. The fourth-order valence-corrected chi connectivity index (χ4v) is 2.65. The normalized spacial score (nSPS) is 16.0. The van der Waals surface area contributed by atoms with Gasteiger partial charge >= 0.3 is 0 Å². The van der Waals surface area contributed by atoms with E-state index in [1.54, 1.807) is 12.1 Å². The van der Waals surface area contributed by atoms with Crippen LogP contribution in [-0.4, -0.2) is 41.1 Å². The standard InChI is InChI=1S/C19H23N5O2.ClH/c20-18(23-19(21)24-12-10-15(25)11-13-24)22-14-6-8-17(9-7-14)26-16-4-2-1-3-5-16;/h1-9,15,25H,10-13H2,(H4,20,21,22,23);1H. The van der Waals surface area contributed by atoms with E-state index in [4.69, 9.17) is 16.2 Å². The highest BCUT2D eigenvalue weighted by Gasteiger charge is 2.18. The van der Waals surface area contributed by atoms with Crippen LogP contribution < -0.4 is 16.2 Å². The summed E-state index contributed by atoms with van der Waals surface area (Å²) in [6.45, 7) is 1.32. The van der Waals surface area contributed by atoms with Gasteiger partial charge in [0.05, 0.1) is 11.8 Å². The molecular weight excluding hydrogens is 366 g/mol. The van der Waals surface area contributed by atoms with Gasteiger partial charge in [-0.3, -0.25) is 0 Å². The van der Waals surface area contributed by atoms with E-state index < -0.39 is 0 Å². The van der Waals surface area contributed by atoms with Crippen LogP contribution in [0.15, 0.2) is 64.6 Å². The number of benzene rings is 2. The molecule has 0 unspecified atom stereocenters. The zero-order valence-electron chi connectivity index (χ0n) is 14.9. The number of rotatable bonds is 3. The van der Waals surface area contributed by atoms with Crippen LogP contribution in [0, 0.1) is 0 Å². The molecule has 0 saturated carbocycles. The Morgan fingerprint density at radius 1 is 0.963 bits per heavy atom. The van der Waals surface area contributed by atoms with Crippen molar-refractivity contribution in [3.63, 3.8) is 0 Å². The van der Waals surface area contributed by atoms with Crippen LogP contribution in [0.3, 0.4) is 0 Å². The van der Waals surface area contributed by atoms with E-state index in [1.165, 1.54) is 0 Å². The molecule has 2 aromatic carbocycles. The fraction of sp³-hybridized carbons (Fsp3) is 0.263. The molecule has 0 spiro atoms. The lowest BCUT2D eigenvalue weighted by molar-refractivity contribution is 0.109. The molecule has 8 heteroatoms. The summed E-state index contributed by atoms with van der Waals surface area (Å²) in [5, 5.41) is 9.53. The molecule has 2 aromatic rings. The number of nitrogens with zero attached hydrogens (tertiary/aromatic N) is 3. The number of likely N-dealkylation sites (tertiary alicyclic amines) is 1. The van der Waals surface area contributed by atoms with Crippen LogP contribution in [0.2, 0.25) is 0 Å². The Morgan fingerprint density at radius 2 is 1.56 bits per heavy atom. The van der Waals surface area contributed by atoms with Gasteiger partial charge in [0, 0.05) is 13.1 Å². The van der Waals surface area contributed by atoms with Crippen LogP contribution in [0.4, 0.5) is 5.69 Å². The highest BCUT2D eigenvalue weighted by atomic mass is 35.5. The molecule has 1 fully saturated rings. The summed E-state index contributed by atoms with van der Waals surface area (Å²) in [6.07, 6.45) is 1.09. The molecule has 7 nitrogen and oxygen atoms in total. The molecular formula is C19H24ClN5O2. The van der Waals surface area contributed by atoms with Crippen molar-refractivity contribution in [1.82, 2.24) is 4.90 Å². The number of para-hydroxylation sites is 1. The molecule has 0 amide bonds. The Labute approximate surface area is 164 Å². The zero-order valence-corrected chi connectivity index (χ0v) is 15.7. The van der Waals surface area contributed by atoms with Gasteiger partial charge in [-0.05, 0) is 49.2 Å². The van der Waals surface area contributed by atoms with Crippen LogP contribution >= 0.6 is 12.4 Å². The second-order valence-electron chi connectivity index (χ2n) is 6.07. The average molecular weight is 390 g/mol. The molecule has 0 aromatic heterocycles.